The minimum absolute atomic E-state index is 0.0828. The third-order valence-corrected chi connectivity index (χ3v) is 5.77. The van der Waals surface area contributed by atoms with E-state index in [1.165, 1.54) is 11.8 Å². The number of carbonyl (C=O) groups excluding carboxylic acids is 1. The highest BCUT2D eigenvalue weighted by Crippen LogP contribution is 2.31. The Morgan fingerprint density at radius 1 is 1.08 bits per heavy atom. The van der Waals surface area contributed by atoms with Gasteiger partial charge in [-0.2, -0.15) is 0 Å². The molecule has 0 aromatic heterocycles. The van der Waals surface area contributed by atoms with Crippen LogP contribution >= 0.6 is 11.6 Å². The van der Waals surface area contributed by atoms with E-state index in [2.05, 4.69) is 4.72 Å². The lowest BCUT2D eigenvalue weighted by molar-refractivity contribution is -0.116. The first-order valence-corrected chi connectivity index (χ1v) is 10.1. The van der Waals surface area contributed by atoms with Crippen molar-refractivity contribution in [2.24, 2.45) is 0 Å². The number of halogens is 1. The Morgan fingerprint density at radius 2 is 1.69 bits per heavy atom. The first-order chi connectivity index (χ1) is 12.1. The molecule has 1 N–H and O–H groups in total. The molecule has 2 aromatic rings. The van der Waals surface area contributed by atoms with Crippen LogP contribution in [-0.2, 0) is 14.8 Å². The average Bonchev–Trinajstić information content (AvgIpc) is 2.52. The van der Waals surface area contributed by atoms with Gasteiger partial charge in [-0.05, 0) is 50.1 Å². The summed E-state index contributed by atoms with van der Waals surface area (Å²) in [6.45, 7) is 7.40. The maximum absolute atomic E-state index is 12.4. The molecule has 0 radical (unpaired) electrons. The smallest absolute Gasteiger partial charge is 0.240 e. The molecular weight excluding hydrogens is 372 g/mol. The molecule has 2 rings (SSSR count). The topological polar surface area (TPSA) is 66.5 Å². The average molecular weight is 395 g/mol. The SMILES string of the molecule is CC(=O)N(CCNS(=O)(=O)c1ccc(C)cc1)c1c(C)cc(C)cc1Cl. The van der Waals surface area contributed by atoms with Crippen molar-refractivity contribution >= 4 is 33.2 Å². The van der Waals surface area contributed by atoms with Gasteiger partial charge in [-0.3, -0.25) is 4.79 Å². The molecular formula is C19H23ClN2O3S. The summed E-state index contributed by atoms with van der Waals surface area (Å²) in [5, 5.41) is 0.471. The summed E-state index contributed by atoms with van der Waals surface area (Å²) in [6.07, 6.45) is 0. The van der Waals surface area contributed by atoms with Crippen LogP contribution in [0.15, 0.2) is 41.3 Å². The van der Waals surface area contributed by atoms with Crippen molar-refractivity contribution in [1.29, 1.82) is 0 Å². The predicted molar refractivity (Wildman–Crippen MR) is 105 cm³/mol. The number of carbonyl (C=O) groups is 1. The second-order valence-electron chi connectivity index (χ2n) is 6.29. The maximum atomic E-state index is 12.4. The summed E-state index contributed by atoms with van der Waals surface area (Å²) in [6, 6.07) is 10.3. The minimum atomic E-state index is -3.63. The summed E-state index contributed by atoms with van der Waals surface area (Å²) < 4.78 is 27.3. The standard InChI is InChI=1S/C19H23ClN2O3S/c1-13-5-7-17(8-6-13)26(24,25)21-9-10-22(16(4)23)19-15(3)11-14(2)12-18(19)20/h5-8,11-12,21H,9-10H2,1-4H3. The number of nitrogens with one attached hydrogen (secondary N) is 1. The van der Waals surface area contributed by atoms with Crippen LogP contribution < -0.4 is 9.62 Å². The van der Waals surface area contributed by atoms with E-state index in [9.17, 15) is 13.2 Å². The number of aryl methyl sites for hydroxylation is 3. The van der Waals surface area contributed by atoms with Gasteiger partial charge in [0.25, 0.3) is 0 Å². The molecule has 0 aliphatic carbocycles. The predicted octanol–water partition coefficient (Wildman–Crippen LogP) is 3.60. The molecule has 26 heavy (non-hydrogen) atoms. The van der Waals surface area contributed by atoms with E-state index in [1.54, 1.807) is 30.3 Å². The lowest BCUT2D eigenvalue weighted by Crippen LogP contribution is -2.38. The van der Waals surface area contributed by atoms with E-state index in [4.69, 9.17) is 11.6 Å². The number of hydrogen-bond acceptors (Lipinski definition) is 3. The van der Waals surface area contributed by atoms with Gasteiger partial charge >= 0.3 is 0 Å². The highest BCUT2D eigenvalue weighted by Gasteiger charge is 2.19. The lowest BCUT2D eigenvalue weighted by atomic mass is 10.1. The second-order valence-corrected chi connectivity index (χ2v) is 8.47. The van der Waals surface area contributed by atoms with Gasteiger partial charge in [0, 0.05) is 20.0 Å². The van der Waals surface area contributed by atoms with Gasteiger partial charge in [0.15, 0.2) is 0 Å². The van der Waals surface area contributed by atoms with Crippen molar-refractivity contribution < 1.29 is 13.2 Å². The maximum Gasteiger partial charge on any atom is 0.240 e. The molecule has 0 saturated carbocycles. The minimum Gasteiger partial charge on any atom is -0.310 e. The van der Waals surface area contributed by atoms with Crippen molar-refractivity contribution in [1.82, 2.24) is 4.72 Å². The lowest BCUT2D eigenvalue weighted by Gasteiger charge is -2.25. The van der Waals surface area contributed by atoms with Crippen LogP contribution in [0.4, 0.5) is 5.69 Å². The molecule has 0 unspecified atom stereocenters. The van der Waals surface area contributed by atoms with Crippen LogP contribution in [0.25, 0.3) is 0 Å². The Morgan fingerprint density at radius 3 is 2.23 bits per heavy atom. The van der Waals surface area contributed by atoms with Crippen LogP contribution in [0.1, 0.15) is 23.6 Å². The fourth-order valence-electron chi connectivity index (χ4n) is 2.77. The molecule has 0 bridgehead atoms. The zero-order chi connectivity index (χ0) is 19.5. The van der Waals surface area contributed by atoms with Gasteiger partial charge in [0.2, 0.25) is 15.9 Å². The number of benzene rings is 2. The van der Waals surface area contributed by atoms with E-state index in [0.29, 0.717) is 10.7 Å². The quantitative estimate of drug-likeness (QED) is 0.814. The molecule has 0 saturated heterocycles. The van der Waals surface area contributed by atoms with E-state index in [-0.39, 0.29) is 23.9 Å². The van der Waals surface area contributed by atoms with Gasteiger partial charge in [0.05, 0.1) is 15.6 Å². The Labute approximate surface area is 160 Å². The first kappa shape index (κ1) is 20.4. The van der Waals surface area contributed by atoms with Gasteiger partial charge in [0.1, 0.15) is 0 Å². The van der Waals surface area contributed by atoms with Crippen LogP contribution in [0.3, 0.4) is 0 Å². The summed E-state index contributed by atoms with van der Waals surface area (Å²) in [7, 11) is -3.63. The van der Waals surface area contributed by atoms with Crippen LogP contribution in [0.2, 0.25) is 5.02 Å². The first-order valence-electron chi connectivity index (χ1n) is 8.23. The van der Waals surface area contributed by atoms with Crippen molar-refractivity contribution in [3.63, 3.8) is 0 Å². The van der Waals surface area contributed by atoms with Crippen LogP contribution in [0.5, 0.6) is 0 Å². The van der Waals surface area contributed by atoms with E-state index < -0.39 is 10.0 Å². The number of nitrogens with zero attached hydrogens (tertiary/aromatic N) is 1. The molecule has 0 heterocycles. The fourth-order valence-corrected chi connectivity index (χ4v) is 4.21. The molecule has 0 aliphatic rings. The summed E-state index contributed by atoms with van der Waals surface area (Å²) in [4.78, 5) is 13.8. The zero-order valence-corrected chi connectivity index (χ0v) is 16.9. The summed E-state index contributed by atoms with van der Waals surface area (Å²) in [5.74, 6) is -0.201. The Bertz CT molecular complexity index is 886. The molecule has 140 valence electrons. The Kier molecular flexibility index (Phi) is 6.44. The third kappa shape index (κ3) is 4.84. The number of hydrogen-bond donors (Lipinski definition) is 1. The summed E-state index contributed by atoms with van der Waals surface area (Å²) in [5.41, 5.74) is 3.46. The van der Waals surface area contributed by atoms with Gasteiger partial charge in [-0.15, -0.1) is 0 Å². The molecule has 0 aliphatic heterocycles. The molecule has 0 spiro atoms. The van der Waals surface area contributed by atoms with Crippen molar-refractivity contribution in [2.45, 2.75) is 32.6 Å². The highest BCUT2D eigenvalue weighted by molar-refractivity contribution is 7.89. The molecule has 2 aromatic carbocycles. The largest absolute Gasteiger partial charge is 0.310 e. The zero-order valence-electron chi connectivity index (χ0n) is 15.3. The number of rotatable bonds is 6. The molecule has 1 amide bonds. The third-order valence-electron chi connectivity index (χ3n) is 4.01. The Hall–Kier alpha value is -1.89. The fraction of sp³-hybridized carbons (Fsp3) is 0.316. The van der Waals surface area contributed by atoms with Gasteiger partial charge in [-0.1, -0.05) is 35.4 Å². The van der Waals surface area contributed by atoms with Crippen molar-refractivity contribution in [2.75, 3.05) is 18.0 Å². The molecule has 0 atom stereocenters. The van der Waals surface area contributed by atoms with E-state index >= 15 is 0 Å². The van der Waals surface area contributed by atoms with Crippen molar-refractivity contribution in [3.8, 4) is 0 Å². The molecule has 5 nitrogen and oxygen atoms in total. The highest BCUT2D eigenvalue weighted by atomic mass is 35.5. The second kappa shape index (κ2) is 8.20. The number of sulfonamides is 1. The van der Waals surface area contributed by atoms with Crippen LogP contribution in [0, 0.1) is 20.8 Å². The van der Waals surface area contributed by atoms with Gasteiger partial charge < -0.3 is 4.90 Å². The molecule has 0 fully saturated rings. The monoisotopic (exact) mass is 394 g/mol. The summed E-state index contributed by atoms with van der Waals surface area (Å²) >= 11 is 6.32. The molecule has 7 heteroatoms. The number of amides is 1. The Balaban J connectivity index is 2.15. The van der Waals surface area contributed by atoms with Crippen molar-refractivity contribution in [3.05, 3.63) is 58.1 Å². The van der Waals surface area contributed by atoms with Crippen LogP contribution in [-0.4, -0.2) is 27.4 Å². The number of anilines is 1. The van der Waals surface area contributed by atoms with E-state index in [0.717, 1.165) is 16.7 Å². The van der Waals surface area contributed by atoms with E-state index in [1.807, 2.05) is 26.8 Å². The van der Waals surface area contributed by atoms with Gasteiger partial charge in [-0.25, -0.2) is 13.1 Å². The normalized spacial score (nSPS) is 11.4.